The molecule has 1 aromatic carbocycles. The summed E-state index contributed by atoms with van der Waals surface area (Å²) in [5, 5.41) is 34.7. The van der Waals surface area contributed by atoms with Gasteiger partial charge < -0.3 is 37.0 Å². The molecular formula is C23H34N4O8S. The van der Waals surface area contributed by atoms with Crippen molar-refractivity contribution in [3.63, 3.8) is 0 Å². The van der Waals surface area contributed by atoms with Gasteiger partial charge in [-0.3, -0.25) is 19.2 Å². The number of carboxylic acid groups (broad SMARTS) is 2. The molecule has 200 valence electrons. The SMILES string of the molecule is CC(C)CC(NC(=O)C(CS)NC(=O)C(N)Cc1ccc(O)cc1)C(=O)NC(CCC(=O)O)C(=O)O. The normalized spacial score (nSPS) is 14.2. The number of carbonyl (C=O) groups is 5. The molecule has 0 heterocycles. The first kappa shape index (κ1) is 30.7. The summed E-state index contributed by atoms with van der Waals surface area (Å²) >= 11 is 4.10. The number of hydrogen-bond acceptors (Lipinski definition) is 8. The lowest BCUT2D eigenvalue weighted by Crippen LogP contribution is -2.58. The molecule has 12 nitrogen and oxygen atoms in total. The lowest BCUT2D eigenvalue weighted by Gasteiger charge is -2.25. The van der Waals surface area contributed by atoms with Gasteiger partial charge in [-0.15, -0.1) is 0 Å². The van der Waals surface area contributed by atoms with Crippen molar-refractivity contribution in [2.24, 2.45) is 11.7 Å². The lowest BCUT2D eigenvalue weighted by molar-refractivity contribution is -0.143. The fourth-order valence-corrected chi connectivity index (χ4v) is 3.48. The van der Waals surface area contributed by atoms with Crippen LogP contribution in [-0.2, 0) is 30.4 Å². The molecule has 4 atom stereocenters. The minimum absolute atomic E-state index is 0.0638. The smallest absolute Gasteiger partial charge is 0.326 e. The van der Waals surface area contributed by atoms with E-state index < -0.39 is 60.2 Å². The molecular weight excluding hydrogens is 492 g/mol. The monoisotopic (exact) mass is 526 g/mol. The zero-order valence-electron chi connectivity index (χ0n) is 20.1. The van der Waals surface area contributed by atoms with Crippen molar-refractivity contribution in [1.29, 1.82) is 0 Å². The fraction of sp³-hybridized carbons (Fsp3) is 0.522. The van der Waals surface area contributed by atoms with Crippen LogP contribution < -0.4 is 21.7 Å². The second-order valence-electron chi connectivity index (χ2n) is 8.74. The maximum atomic E-state index is 12.8. The number of hydrogen-bond donors (Lipinski definition) is 8. The number of carboxylic acids is 2. The molecule has 0 aliphatic rings. The number of carbonyl (C=O) groups excluding carboxylic acids is 3. The summed E-state index contributed by atoms with van der Waals surface area (Å²) < 4.78 is 0. The highest BCUT2D eigenvalue weighted by Gasteiger charge is 2.30. The third kappa shape index (κ3) is 11.0. The summed E-state index contributed by atoms with van der Waals surface area (Å²) in [5.74, 6) is -4.83. The van der Waals surface area contributed by atoms with Crippen LogP contribution in [0, 0.1) is 5.92 Å². The van der Waals surface area contributed by atoms with Crippen molar-refractivity contribution in [3.8, 4) is 5.75 Å². The summed E-state index contributed by atoms with van der Waals surface area (Å²) in [6, 6.07) is 1.44. The van der Waals surface area contributed by atoms with Gasteiger partial charge in [0.1, 0.15) is 23.9 Å². The average molecular weight is 527 g/mol. The van der Waals surface area contributed by atoms with Gasteiger partial charge in [-0.1, -0.05) is 26.0 Å². The summed E-state index contributed by atoms with van der Waals surface area (Å²) in [6.45, 7) is 3.59. The van der Waals surface area contributed by atoms with E-state index in [4.69, 9.17) is 10.8 Å². The lowest BCUT2D eigenvalue weighted by atomic mass is 10.0. The Morgan fingerprint density at radius 2 is 1.42 bits per heavy atom. The number of aliphatic carboxylic acids is 2. The predicted molar refractivity (Wildman–Crippen MR) is 133 cm³/mol. The molecule has 3 amide bonds. The van der Waals surface area contributed by atoms with E-state index in [0.29, 0.717) is 5.56 Å². The largest absolute Gasteiger partial charge is 0.508 e. The van der Waals surface area contributed by atoms with Crippen molar-refractivity contribution < 1.29 is 39.3 Å². The Bertz CT molecular complexity index is 925. The van der Waals surface area contributed by atoms with Gasteiger partial charge >= 0.3 is 11.9 Å². The van der Waals surface area contributed by atoms with Gasteiger partial charge in [0.05, 0.1) is 6.04 Å². The molecule has 36 heavy (non-hydrogen) atoms. The van der Waals surface area contributed by atoms with E-state index in [0.717, 1.165) is 0 Å². The van der Waals surface area contributed by atoms with Gasteiger partial charge in [0, 0.05) is 12.2 Å². The van der Waals surface area contributed by atoms with Crippen molar-refractivity contribution in [1.82, 2.24) is 16.0 Å². The molecule has 0 aliphatic heterocycles. The molecule has 0 spiro atoms. The molecule has 1 rings (SSSR count). The number of phenols is 1. The zero-order chi connectivity index (χ0) is 27.4. The van der Waals surface area contributed by atoms with E-state index in [1.54, 1.807) is 26.0 Å². The standard InChI is InChI=1S/C23H34N4O8S/c1-12(2)9-17(21(32)25-16(23(34)35)7-8-19(29)30)26-22(33)18(11-36)27-20(31)15(24)10-13-3-5-14(28)6-4-13/h3-6,12,15-18,28,36H,7-11,24H2,1-2H3,(H,25,32)(H,26,33)(H,27,31)(H,29,30)(H,34,35). The molecule has 0 aromatic heterocycles. The first-order valence-corrected chi connectivity index (χ1v) is 12.0. The Labute approximate surface area is 214 Å². The second-order valence-corrected chi connectivity index (χ2v) is 9.11. The molecule has 8 N–H and O–H groups in total. The highest BCUT2D eigenvalue weighted by Crippen LogP contribution is 2.11. The van der Waals surface area contributed by atoms with Crippen LogP contribution in [0.5, 0.6) is 5.75 Å². The Morgan fingerprint density at radius 3 is 1.92 bits per heavy atom. The summed E-state index contributed by atoms with van der Waals surface area (Å²) in [5.41, 5.74) is 6.65. The Balaban J connectivity index is 2.84. The van der Waals surface area contributed by atoms with Crippen LogP contribution in [0.2, 0.25) is 0 Å². The number of nitrogens with one attached hydrogen (secondary N) is 3. The Kier molecular flexibility index (Phi) is 12.7. The van der Waals surface area contributed by atoms with E-state index in [-0.39, 0.29) is 36.7 Å². The van der Waals surface area contributed by atoms with Crippen molar-refractivity contribution >= 4 is 42.3 Å². The van der Waals surface area contributed by atoms with Gasteiger partial charge in [0.25, 0.3) is 0 Å². The van der Waals surface area contributed by atoms with Crippen LogP contribution in [-0.4, -0.2) is 74.9 Å². The zero-order valence-corrected chi connectivity index (χ0v) is 21.0. The molecule has 1 aromatic rings. The fourth-order valence-electron chi connectivity index (χ4n) is 3.22. The molecule has 0 radical (unpaired) electrons. The topological polar surface area (TPSA) is 208 Å². The van der Waals surface area contributed by atoms with Gasteiger partial charge in [-0.25, -0.2) is 4.79 Å². The number of nitrogens with two attached hydrogens (primary N) is 1. The number of thiol groups is 1. The molecule has 0 aliphatic carbocycles. The minimum Gasteiger partial charge on any atom is -0.508 e. The highest BCUT2D eigenvalue weighted by atomic mass is 32.1. The Hall–Kier alpha value is -3.32. The van der Waals surface area contributed by atoms with Crippen LogP contribution in [0.4, 0.5) is 0 Å². The molecule has 0 fully saturated rings. The maximum absolute atomic E-state index is 12.8. The first-order valence-electron chi connectivity index (χ1n) is 11.3. The van der Waals surface area contributed by atoms with Crippen molar-refractivity contribution in [2.45, 2.75) is 63.7 Å². The minimum atomic E-state index is -1.45. The van der Waals surface area contributed by atoms with E-state index in [1.807, 2.05) is 0 Å². The number of phenolic OH excluding ortho intramolecular Hbond substituents is 1. The molecule has 0 saturated heterocycles. The third-order valence-corrected chi connectivity index (χ3v) is 5.51. The first-order chi connectivity index (χ1) is 16.8. The number of rotatable bonds is 15. The summed E-state index contributed by atoms with van der Waals surface area (Å²) in [6.07, 6.45) is -0.474. The van der Waals surface area contributed by atoms with Gasteiger partial charge in [-0.05, 0) is 42.9 Å². The quantitative estimate of drug-likeness (QED) is 0.140. The van der Waals surface area contributed by atoms with E-state index in [2.05, 4.69) is 28.6 Å². The second kappa shape index (κ2) is 14.9. The third-order valence-electron chi connectivity index (χ3n) is 5.15. The van der Waals surface area contributed by atoms with E-state index in [9.17, 15) is 34.2 Å². The molecule has 13 heteroatoms. The summed E-state index contributed by atoms with van der Waals surface area (Å²) in [7, 11) is 0. The van der Waals surface area contributed by atoms with Crippen LogP contribution in [0.1, 0.15) is 38.7 Å². The highest BCUT2D eigenvalue weighted by molar-refractivity contribution is 7.80. The van der Waals surface area contributed by atoms with Gasteiger partial charge in [-0.2, -0.15) is 12.6 Å². The summed E-state index contributed by atoms with van der Waals surface area (Å²) in [4.78, 5) is 60.3. The van der Waals surface area contributed by atoms with E-state index >= 15 is 0 Å². The predicted octanol–water partition coefficient (Wildman–Crippen LogP) is -0.358. The Morgan fingerprint density at radius 1 is 0.889 bits per heavy atom. The van der Waals surface area contributed by atoms with Crippen LogP contribution in [0.15, 0.2) is 24.3 Å². The molecule has 4 unspecified atom stereocenters. The van der Waals surface area contributed by atoms with E-state index in [1.165, 1.54) is 12.1 Å². The van der Waals surface area contributed by atoms with Crippen LogP contribution in [0.25, 0.3) is 0 Å². The van der Waals surface area contributed by atoms with Gasteiger partial charge in [0.2, 0.25) is 17.7 Å². The number of amides is 3. The average Bonchev–Trinajstić information content (AvgIpc) is 2.79. The van der Waals surface area contributed by atoms with Crippen molar-refractivity contribution in [2.75, 3.05) is 5.75 Å². The number of aromatic hydroxyl groups is 1. The van der Waals surface area contributed by atoms with Crippen molar-refractivity contribution in [3.05, 3.63) is 29.8 Å². The van der Waals surface area contributed by atoms with Crippen LogP contribution in [0.3, 0.4) is 0 Å². The molecule has 0 saturated carbocycles. The molecule has 0 bridgehead atoms. The van der Waals surface area contributed by atoms with Gasteiger partial charge in [0.15, 0.2) is 0 Å². The maximum Gasteiger partial charge on any atom is 0.326 e. The number of benzene rings is 1. The van der Waals surface area contributed by atoms with Crippen LogP contribution >= 0.6 is 12.6 Å².